The van der Waals surface area contributed by atoms with Crippen molar-refractivity contribution >= 4 is 5.78 Å². The lowest BCUT2D eigenvalue weighted by atomic mass is 10.1. The van der Waals surface area contributed by atoms with Crippen LogP contribution in [-0.4, -0.2) is 47.5 Å². The number of rotatable bonds is 4. The monoisotopic (exact) mass is 236 g/mol. The summed E-state index contributed by atoms with van der Waals surface area (Å²) in [5.74, 6) is 0.155. The van der Waals surface area contributed by atoms with Crippen molar-refractivity contribution in [3.8, 4) is 0 Å². The lowest BCUT2D eigenvalue weighted by molar-refractivity contribution is -0.0523. The van der Waals surface area contributed by atoms with Gasteiger partial charge in [0.25, 0.3) is 0 Å². The number of morpholine rings is 1. The van der Waals surface area contributed by atoms with E-state index in [1.54, 1.807) is 6.20 Å². The Morgan fingerprint density at radius 2 is 2.47 bits per heavy atom. The van der Waals surface area contributed by atoms with Crippen LogP contribution < -0.4 is 0 Å². The van der Waals surface area contributed by atoms with Gasteiger partial charge >= 0.3 is 0 Å². The second-order valence-electron chi connectivity index (χ2n) is 4.64. The number of nitrogens with one attached hydrogen (secondary N) is 1. The van der Waals surface area contributed by atoms with Gasteiger partial charge in [0.2, 0.25) is 0 Å². The zero-order valence-electron chi connectivity index (χ0n) is 10.5. The molecule has 0 saturated carbocycles. The molecule has 2 rings (SSSR count). The Balaban J connectivity index is 1.98. The van der Waals surface area contributed by atoms with E-state index in [4.69, 9.17) is 4.74 Å². The van der Waals surface area contributed by atoms with Crippen molar-refractivity contribution in [2.75, 3.05) is 19.7 Å². The summed E-state index contributed by atoms with van der Waals surface area (Å²) in [6.07, 6.45) is 3.02. The van der Waals surface area contributed by atoms with Gasteiger partial charge in [-0.25, -0.2) is 0 Å². The van der Waals surface area contributed by atoms with E-state index in [2.05, 4.69) is 23.7 Å². The minimum Gasteiger partial charge on any atom is -0.376 e. The molecule has 2 atom stereocenters. The molecule has 0 aromatic carbocycles. The van der Waals surface area contributed by atoms with E-state index < -0.39 is 0 Å². The first kappa shape index (κ1) is 12.3. The molecule has 1 aliphatic rings. The highest BCUT2D eigenvalue weighted by molar-refractivity contribution is 5.95. The van der Waals surface area contributed by atoms with Crippen LogP contribution in [0.2, 0.25) is 0 Å². The average molecular weight is 236 g/mol. The molecule has 1 aromatic heterocycles. The van der Waals surface area contributed by atoms with Crippen LogP contribution in [-0.2, 0) is 4.74 Å². The number of nitrogens with zero attached hydrogens (tertiary/aromatic N) is 1. The lowest BCUT2D eigenvalue weighted by Gasteiger charge is -2.37. The van der Waals surface area contributed by atoms with Crippen molar-refractivity contribution in [3.05, 3.63) is 24.0 Å². The first-order valence-electron chi connectivity index (χ1n) is 6.23. The highest BCUT2D eigenvalue weighted by Gasteiger charge is 2.27. The number of H-pyrrole nitrogens is 1. The topological polar surface area (TPSA) is 45.3 Å². The van der Waals surface area contributed by atoms with Crippen molar-refractivity contribution in [2.24, 2.45) is 0 Å². The van der Waals surface area contributed by atoms with Crippen molar-refractivity contribution in [3.63, 3.8) is 0 Å². The van der Waals surface area contributed by atoms with Crippen LogP contribution in [0.3, 0.4) is 0 Å². The van der Waals surface area contributed by atoms with Crippen LogP contribution >= 0.6 is 0 Å². The second-order valence-corrected chi connectivity index (χ2v) is 4.64. The molecule has 2 unspecified atom stereocenters. The van der Waals surface area contributed by atoms with Gasteiger partial charge in [0.05, 0.1) is 24.9 Å². The third-order valence-corrected chi connectivity index (χ3v) is 3.30. The molecule has 4 heteroatoms. The fourth-order valence-electron chi connectivity index (χ4n) is 2.26. The number of ketones is 1. The summed E-state index contributed by atoms with van der Waals surface area (Å²) in [6.45, 7) is 6.24. The maximum Gasteiger partial charge on any atom is 0.192 e. The SMILES string of the molecule is CCC1COC(C)CN1CC(=O)c1ccc[nH]1. The maximum atomic E-state index is 12.0. The number of hydrogen-bond acceptors (Lipinski definition) is 3. The molecule has 0 radical (unpaired) electrons. The van der Waals surface area contributed by atoms with E-state index >= 15 is 0 Å². The molecule has 1 aromatic rings. The smallest absolute Gasteiger partial charge is 0.192 e. The summed E-state index contributed by atoms with van der Waals surface area (Å²) in [7, 11) is 0. The molecule has 1 N–H and O–H groups in total. The van der Waals surface area contributed by atoms with E-state index in [9.17, 15) is 4.79 Å². The van der Waals surface area contributed by atoms with Crippen LogP contribution in [0.4, 0.5) is 0 Å². The van der Waals surface area contributed by atoms with Crippen LogP contribution in [0, 0.1) is 0 Å². The van der Waals surface area contributed by atoms with Crippen LogP contribution in [0.25, 0.3) is 0 Å². The molecule has 2 heterocycles. The molecule has 0 bridgehead atoms. The zero-order valence-corrected chi connectivity index (χ0v) is 10.5. The van der Waals surface area contributed by atoms with Gasteiger partial charge in [-0.15, -0.1) is 0 Å². The van der Waals surface area contributed by atoms with Gasteiger partial charge in [0.1, 0.15) is 0 Å². The molecular formula is C13H20N2O2. The second kappa shape index (κ2) is 5.47. The molecule has 0 aliphatic carbocycles. The third-order valence-electron chi connectivity index (χ3n) is 3.30. The Morgan fingerprint density at radius 3 is 3.12 bits per heavy atom. The van der Waals surface area contributed by atoms with E-state index in [-0.39, 0.29) is 11.9 Å². The molecule has 4 nitrogen and oxygen atoms in total. The highest BCUT2D eigenvalue weighted by Crippen LogP contribution is 2.14. The van der Waals surface area contributed by atoms with Gasteiger partial charge < -0.3 is 9.72 Å². The summed E-state index contributed by atoms with van der Waals surface area (Å²) < 4.78 is 5.62. The number of Topliss-reactive ketones (excluding diaryl/α,β-unsaturated/α-hetero) is 1. The van der Waals surface area contributed by atoms with E-state index in [1.165, 1.54) is 0 Å². The van der Waals surface area contributed by atoms with Gasteiger partial charge in [-0.3, -0.25) is 9.69 Å². The van der Waals surface area contributed by atoms with Crippen LogP contribution in [0.5, 0.6) is 0 Å². The van der Waals surface area contributed by atoms with Gasteiger partial charge in [-0.2, -0.15) is 0 Å². The Labute approximate surface area is 102 Å². The fourth-order valence-corrected chi connectivity index (χ4v) is 2.26. The number of hydrogen-bond donors (Lipinski definition) is 1. The Kier molecular flexibility index (Phi) is 3.97. The van der Waals surface area contributed by atoms with E-state index in [0.29, 0.717) is 18.3 Å². The largest absolute Gasteiger partial charge is 0.376 e. The number of carbonyl (C=O) groups excluding carboxylic acids is 1. The van der Waals surface area contributed by atoms with Crippen molar-refractivity contribution in [2.45, 2.75) is 32.4 Å². The molecule has 94 valence electrons. The number of aromatic amines is 1. The number of ether oxygens (including phenoxy) is 1. The van der Waals surface area contributed by atoms with E-state index in [0.717, 1.165) is 19.6 Å². The zero-order chi connectivity index (χ0) is 12.3. The minimum atomic E-state index is 0.155. The predicted molar refractivity (Wildman–Crippen MR) is 66.2 cm³/mol. The normalized spacial score (nSPS) is 26.0. The minimum absolute atomic E-state index is 0.155. The molecule has 1 fully saturated rings. The first-order valence-corrected chi connectivity index (χ1v) is 6.23. The standard InChI is InChI=1S/C13H20N2O2/c1-3-11-9-17-10(2)7-15(11)8-13(16)12-5-4-6-14-12/h4-6,10-11,14H,3,7-9H2,1-2H3. The van der Waals surface area contributed by atoms with E-state index in [1.807, 2.05) is 12.1 Å². The molecule has 0 amide bonds. The Hall–Kier alpha value is -1.13. The van der Waals surface area contributed by atoms with Crippen molar-refractivity contribution in [1.29, 1.82) is 0 Å². The highest BCUT2D eigenvalue weighted by atomic mass is 16.5. The summed E-state index contributed by atoms with van der Waals surface area (Å²) in [6, 6.07) is 4.05. The molecule has 1 aliphatic heterocycles. The molecule has 17 heavy (non-hydrogen) atoms. The predicted octanol–water partition coefficient (Wildman–Crippen LogP) is 1.70. The summed E-state index contributed by atoms with van der Waals surface area (Å²) in [4.78, 5) is 17.2. The summed E-state index contributed by atoms with van der Waals surface area (Å²) in [5, 5.41) is 0. The van der Waals surface area contributed by atoms with Gasteiger partial charge in [-0.1, -0.05) is 6.92 Å². The molecule has 1 saturated heterocycles. The van der Waals surface area contributed by atoms with Gasteiger partial charge in [0, 0.05) is 18.8 Å². The first-order chi connectivity index (χ1) is 8.20. The summed E-state index contributed by atoms with van der Waals surface area (Å²) in [5.41, 5.74) is 0.694. The van der Waals surface area contributed by atoms with Crippen molar-refractivity contribution in [1.82, 2.24) is 9.88 Å². The lowest BCUT2D eigenvalue weighted by Crippen LogP contribution is -2.50. The number of aromatic nitrogens is 1. The van der Waals surface area contributed by atoms with Crippen LogP contribution in [0.1, 0.15) is 30.8 Å². The van der Waals surface area contributed by atoms with Gasteiger partial charge in [-0.05, 0) is 25.5 Å². The quantitative estimate of drug-likeness (QED) is 0.809. The Morgan fingerprint density at radius 1 is 1.65 bits per heavy atom. The fraction of sp³-hybridized carbons (Fsp3) is 0.615. The third kappa shape index (κ3) is 2.96. The van der Waals surface area contributed by atoms with Gasteiger partial charge in [0.15, 0.2) is 5.78 Å². The maximum absolute atomic E-state index is 12.0. The Bertz CT molecular complexity index is 362. The summed E-state index contributed by atoms with van der Waals surface area (Å²) >= 11 is 0. The van der Waals surface area contributed by atoms with Crippen LogP contribution in [0.15, 0.2) is 18.3 Å². The molecule has 0 spiro atoms. The van der Waals surface area contributed by atoms with Crippen molar-refractivity contribution < 1.29 is 9.53 Å². The molecular weight excluding hydrogens is 216 g/mol. The number of carbonyl (C=O) groups is 1. The average Bonchev–Trinajstić information content (AvgIpc) is 2.83.